The molecule has 0 radical (unpaired) electrons. The summed E-state index contributed by atoms with van der Waals surface area (Å²) in [6, 6.07) is 9.87. The van der Waals surface area contributed by atoms with Crippen LogP contribution in [0.25, 0.3) is 0 Å². The smallest absolute Gasteiger partial charge is 0.342 e. The van der Waals surface area contributed by atoms with Crippen LogP contribution in [0.15, 0.2) is 42.7 Å². The standard InChI is InChI=1S/C21H27N3O3/c1-16(20(25)22-12-17-8-4-2-5-9-17)27-21(26)19-13-23-24(15-19)14-18-10-6-3-7-11-18/h3,6-7,10-11,13,15-17H,2,4-5,8-9,12,14H2,1H3,(H,22,25). The topological polar surface area (TPSA) is 73.2 Å². The van der Waals surface area contributed by atoms with E-state index >= 15 is 0 Å². The third-order valence-corrected chi connectivity index (χ3v) is 5.00. The quantitative estimate of drug-likeness (QED) is 0.761. The molecule has 0 spiro atoms. The molecule has 0 aliphatic heterocycles. The van der Waals surface area contributed by atoms with Crippen molar-refractivity contribution in [3.8, 4) is 0 Å². The lowest BCUT2D eigenvalue weighted by atomic mass is 9.89. The zero-order chi connectivity index (χ0) is 19.1. The fraction of sp³-hybridized carbons (Fsp3) is 0.476. The number of carbonyl (C=O) groups is 2. The SMILES string of the molecule is CC(OC(=O)c1cnn(Cc2ccccc2)c1)C(=O)NCC1CCCCC1. The summed E-state index contributed by atoms with van der Waals surface area (Å²) in [5.41, 5.74) is 1.44. The average molecular weight is 369 g/mol. The number of hydrogen-bond acceptors (Lipinski definition) is 4. The van der Waals surface area contributed by atoms with Gasteiger partial charge >= 0.3 is 5.97 Å². The van der Waals surface area contributed by atoms with Crippen molar-refractivity contribution in [1.29, 1.82) is 0 Å². The third kappa shape index (κ3) is 5.67. The van der Waals surface area contributed by atoms with Crippen LogP contribution in [0.1, 0.15) is 54.9 Å². The summed E-state index contributed by atoms with van der Waals surface area (Å²) < 4.78 is 6.98. The van der Waals surface area contributed by atoms with E-state index in [1.807, 2.05) is 30.3 Å². The number of hydrogen-bond donors (Lipinski definition) is 1. The van der Waals surface area contributed by atoms with E-state index in [-0.39, 0.29) is 5.91 Å². The predicted molar refractivity (Wildman–Crippen MR) is 102 cm³/mol. The summed E-state index contributed by atoms with van der Waals surface area (Å²) in [7, 11) is 0. The van der Waals surface area contributed by atoms with Gasteiger partial charge in [0.1, 0.15) is 0 Å². The van der Waals surface area contributed by atoms with Gasteiger partial charge in [0.25, 0.3) is 5.91 Å². The number of amides is 1. The molecule has 1 aromatic carbocycles. The van der Waals surface area contributed by atoms with E-state index in [1.165, 1.54) is 25.5 Å². The number of rotatable bonds is 7. The predicted octanol–water partition coefficient (Wildman–Crippen LogP) is 3.17. The molecule has 1 heterocycles. The van der Waals surface area contributed by atoms with Gasteiger partial charge in [0, 0.05) is 12.7 Å². The first-order valence-electron chi connectivity index (χ1n) is 9.67. The number of nitrogens with one attached hydrogen (secondary N) is 1. The van der Waals surface area contributed by atoms with Crippen LogP contribution < -0.4 is 5.32 Å². The van der Waals surface area contributed by atoms with Crippen molar-refractivity contribution >= 4 is 11.9 Å². The number of benzene rings is 1. The molecular formula is C21H27N3O3. The van der Waals surface area contributed by atoms with E-state index in [4.69, 9.17) is 4.74 Å². The first-order valence-corrected chi connectivity index (χ1v) is 9.67. The number of aromatic nitrogens is 2. The number of ether oxygens (including phenoxy) is 1. The Morgan fingerprint density at radius 3 is 2.70 bits per heavy atom. The molecule has 0 saturated heterocycles. The van der Waals surface area contributed by atoms with E-state index in [9.17, 15) is 9.59 Å². The maximum absolute atomic E-state index is 12.3. The molecule has 27 heavy (non-hydrogen) atoms. The highest BCUT2D eigenvalue weighted by atomic mass is 16.5. The van der Waals surface area contributed by atoms with E-state index in [0.29, 0.717) is 24.6 Å². The van der Waals surface area contributed by atoms with Crippen molar-refractivity contribution in [2.45, 2.75) is 51.7 Å². The lowest BCUT2D eigenvalue weighted by molar-refractivity contribution is -0.129. The molecule has 144 valence electrons. The Hall–Kier alpha value is -2.63. The summed E-state index contributed by atoms with van der Waals surface area (Å²) >= 11 is 0. The lowest BCUT2D eigenvalue weighted by Gasteiger charge is -2.22. The number of nitrogens with zero attached hydrogens (tertiary/aromatic N) is 2. The van der Waals surface area contributed by atoms with Gasteiger partial charge in [-0.3, -0.25) is 9.48 Å². The summed E-state index contributed by atoms with van der Waals surface area (Å²) in [5, 5.41) is 7.11. The molecule has 1 atom stereocenters. The van der Waals surface area contributed by atoms with Crippen LogP contribution in [-0.2, 0) is 16.1 Å². The lowest BCUT2D eigenvalue weighted by Crippen LogP contribution is -2.38. The van der Waals surface area contributed by atoms with Crippen LogP contribution in [0.5, 0.6) is 0 Å². The van der Waals surface area contributed by atoms with Crippen molar-refractivity contribution in [2.75, 3.05) is 6.54 Å². The molecule has 6 nitrogen and oxygen atoms in total. The molecule has 1 aromatic heterocycles. The van der Waals surface area contributed by atoms with Crippen LogP contribution in [0.3, 0.4) is 0 Å². The molecule has 1 fully saturated rings. The third-order valence-electron chi connectivity index (χ3n) is 5.00. The Labute approximate surface area is 159 Å². The minimum absolute atomic E-state index is 0.245. The van der Waals surface area contributed by atoms with Gasteiger partial charge in [0.05, 0.1) is 18.3 Å². The van der Waals surface area contributed by atoms with Gasteiger partial charge in [0.2, 0.25) is 0 Å². The van der Waals surface area contributed by atoms with Gasteiger partial charge in [-0.05, 0) is 31.2 Å². The molecule has 1 N–H and O–H groups in total. The van der Waals surface area contributed by atoms with E-state index in [1.54, 1.807) is 17.8 Å². The fourth-order valence-corrected chi connectivity index (χ4v) is 3.39. The zero-order valence-electron chi connectivity index (χ0n) is 15.8. The van der Waals surface area contributed by atoms with Gasteiger partial charge in [-0.15, -0.1) is 0 Å². The number of carbonyl (C=O) groups excluding carboxylic acids is 2. The second-order valence-corrected chi connectivity index (χ2v) is 7.21. The Morgan fingerprint density at radius 2 is 1.96 bits per heavy atom. The largest absolute Gasteiger partial charge is 0.449 e. The first kappa shape index (κ1) is 19.1. The molecule has 1 saturated carbocycles. The molecule has 1 aliphatic carbocycles. The van der Waals surface area contributed by atoms with Gasteiger partial charge in [-0.1, -0.05) is 49.6 Å². The van der Waals surface area contributed by atoms with Gasteiger partial charge < -0.3 is 10.1 Å². The average Bonchev–Trinajstić information content (AvgIpc) is 3.16. The zero-order valence-corrected chi connectivity index (χ0v) is 15.8. The van der Waals surface area contributed by atoms with Crippen LogP contribution in [0.2, 0.25) is 0 Å². The normalized spacial score (nSPS) is 15.9. The highest BCUT2D eigenvalue weighted by Gasteiger charge is 2.21. The molecule has 1 aliphatic rings. The van der Waals surface area contributed by atoms with Crippen molar-refractivity contribution < 1.29 is 14.3 Å². The summed E-state index contributed by atoms with van der Waals surface area (Å²) in [5.74, 6) is -0.234. The minimum atomic E-state index is -0.821. The highest BCUT2D eigenvalue weighted by Crippen LogP contribution is 2.22. The van der Waals surface area contributed by atoms with Crippen molar-refractivity contribution in [3.63, 3.8) is 0 Å². The van der Waals surface area contributed by atoms with Gasteiger partial charge in [-0.25, -0.2) is 4.79 Å². The van der Waals surface area contributed by atoms with Crippen molar-refractivity contribution in [1.82, 2.24) is 15.1 Å². The Balaban J connectivity index is 1.47. The first-order chi connectivity index (χ1) is 13.1. The molecular weight excluding hydrogens is 342 g/mol. The maximum Gasteiger partial charge on any atom is 0.342 e. The van der Waals surface area contributed by atoms with Crippen LogP contribution in [0, 0.1) is 5.92 Å². The molecule has 0 bridgehead atoms. The highest BCUT2D eigenvalue weighted by molar-refractivity contribution is 5.91. The second-order valence-electron chi connectivity index (χ2n) is 7.21. The maximum atomic E-state index is 12.3. The molecule has 1 amide bonds. The van der Waals surface area contributed by atoms with E-state index < -0.39 is 12.1 Å². The number of esters is 1. The monoisotopic (exact) mass is 369 g/mol. The van der Waals surface area contributed by atoms with Crippen molar-refractivity contribution in [3.05, 3.63) is 53.9 Å². The van der Waals surface area contributed by atoms with Crippen LogP contribution >= 0.6 is 0 Å². The molecule has 1 unspecified atom stereocenters. The summed E-state index contributed by atoms with van der Waals surface area (Å²) in [6.45, 7) is 2.84. The molecule has 6 heteroatoms. The summed E-state index contributed by atoms with van der Waals surface area (Å²) in [4.78, 5) is 24.5. The second kappa shape index (κ2) is 9.35. The minimum Gasteiger partial charge on any atom is -0.449 e. The van der Waals surface area contributed by atoms with E-state index in [0.717, 1.165) is 18.4 Å². The Morgan fingerprint density at radius 1 is 1.22 bits per heavy atom. The fourth-order valence-electron chi connectivity index (χ4n) is 3.39. The molecule has 3 rings (SSSR count). The Kier molecular flexibility index (Phi) is 6.63. The van der Waals surface area contributed by atoms with Crippen LogP contribution in [0.4, 0.5) is 0 Å². The van der Waals surface area contributed by atoms with Crippen LogP contribution in [-0.4, -0.2) is 34.3 Å². The van der Waals surface area contributed by atoms with Crippen molar-refractivity contribution in [2.24, 2.45) is 5.92 Å². The van der Waals surface area contributed by atoms with Gasteiger partial charge in [0.15, 0.2) is 6.10 Å². The van der Waals surface area contributed by atoms with Gasteiger partial charge in [-0.2, -0.15) is 5.10 Å². The molecule has 2 aromatic rings. The Bertz CT molecular complexity index is 751. The summed E-state index contributed by atoms with van der Waals surface area (Å²) in [6.07, 6.45) is 8.37. The van der Waals surface area contributed by atoms with E-state index in [2.05, 4.69) is 10.4 Å².